The highest BCUT2D eigenvalue weighted by Crippen LogP contribution is 2.24. The number of phenols is 1. The Bertz CT molecular complexity index is 1300. The molecule has 0 aliphatic carbocycles. The number of aromatic hydroxyl groups is 1. The van der Waals surface area contributed by atoms with Crippen LogP contribution >= 0.6 is 0 Å². The third kappa shape index (κ3) is 3.74. The van der Waals surface area contributed by atoms with Gasteiger partial charge >= 0.3 is 5.63 Å². The lowest BCUT2D eigenvalue weighted by Crippen LogP contribution is -2.29. The summed E-state index contributed by atoms with van der Waals surface area (Å²) in [6.45, 7) is 2.22. The number of methoxy groups -OCH3 is 1. The molecule has 1 amide bonds. The maximum Gasteiger partial charge on any atom is 0.340 e. The molecule has 7 heteroatoms. The Kier molecular flexibility index (Phi) is 5.18. The van der Waals surface area contributed by atoms with Gasteiger partial charge in [-0.3, -0.25) is 4.79 Å². The lowest BCUT2D eigenvalue weighted by atomic mass is 10.0. The first-order chi connectivity index (χ1) is 14.5. The van der Waals surface area contributed by atoms with Crippen molar-refractivity contribution >= 4 is 27.8 Å². The Labute approximate surface area is 172 Å². The number of carbonyl (C=O) groups is 1. The van der Waals surface area contributed by atoms with Crippen molar-refractivity contribution in [1.82, 2.24) is 10.3 Å². The van der Waals surface area contributed by atoms with Gasteiger partial charge in [-0.25, -0.2) is 4.79 Å². The number of benzene rings is 2. The van der Waals surface area contributed by atoms with Gasteiger partial charge in [0.05, 0.1) is 19.1 Å². The van der Waals surface area contributed by atoms with Gasteiger partial charge in [0, 0.05) is 35.1 Å². The highest BCUT2D eigenvalue weighted by molar-refractivity contribution is 5.86. The molecule has 0 aliphatic rings. The highest BCUT2D eigenvalue weighted by Gasteiger charge is 2.15. The number of aryl methyl sites for hydroxylation is 1. The van der Waals surface area contributed by atoms with Crippen molar-refractivity contribution in [3.05, 3.63) is 69.7 Å². The van der Waals surface area contributed by atoms with Crippen LogP contribution in [0.5, 0.6) is 11.5 Å². The van der Waals surface area contributed by atoms with Crippen LogP contribution in [0.3, 0.4) is 0 Å². The summed E-state index contributed by atoms with van der Waals surface area (Å²) in [5.74, 6) is 0.547. The number of nitrogens with one attached hydrogen (secondary N) is 2. The molecule has 30 heavy (non-hydrogen) atoms. The molecular weight excluding hydrogens is 384 g/mol. The fourth-order valence-electron chi connectivity index (χ4n) is 3.64. The number of phenolic OH excluding ortho intramolecular Hbond substituents is 1. The molecule has 0 aliphatic heterocycles. The van der Waals surface area contributed by atoms with E-state index in [4.69, 9.17) is 9.15 Å². The molecule has 4 aromatic rings. The summed E-state index contributed by atoms with van der Waals surface area (Å²) in [5, 5.41) is 14.2. The number of carbonyl (C=O) groups excluding carboxylic acids is 1. The van der Waals surface area contributed by atoms with Gasteiger partial charge in [-0.15, -0.1) is 0 Å². The second kappa shape index (κ2) is 7.94. The van der Waals surface area contributed by atoms with E-state index < -0.39 is 5.63 Å². The number of aromatic amines is 1. The molecule has 2 aromatic carbocycles. The summed E-state index contributed by atoms with van der Waals surface area (Å²) in [6.07, 6.45) is 2.50. The second-order valence-corrected chi connectivity index (χ2v) is 7.18. The normalized spacial score (nSPS) is 11.1. The molecule has 154 valence electrons. The van der Waals surface area contributed by atoms with E-state index in [1.165, 1.54) is 12.1 Å². The number of fused-ring (bicyclic) bond motifs is 2. The van der Waals surface area contributed by atoms with Crippen molar-refractivity contribution in [2.75, 3.05) is 13.7 Å². The topological polar surface area (TPSA) is 105 Å². The monoisotopic (exact) mass is 406 g/mol. The van der Waals surface area contributed by atoms with Crippen LogP contribution in [-0.2, 0) is 17.6 Å². The van der Waals surface area contributed by atoms with Crippen LogP contribution in [0, 0.1) is 6.92 Å². The van der Waals surface area contributed by atoms with E-state index in [2.05, 4.69) is 10.3 Å². The third-order valence-electron chi connectivity index (χ3n) is 5.30. The molecule has 0 unspecified atom stereocenters. The molecule has 0 bridgehead atoms. The fraction of sp³-hybridized carbons (Fsp3) is 0.217. The van der Waals surface area contributed by atoms with Gasteiger partial charge in [-0.2, -0.15) is 0 Å². The van der Waals surface area contributed by atoms with Crippen LogP contribution in [0.25, 0.3) is 21.9 Å². The van der Waals surface area contributed by atoms with E-state index >= 15 is 0 Å². The summed E-state index contributed by atoms with van der Waals surface area (Å²) in [5.41, 5.74) is 2.82. The largest absolute Gasteiger partial charge is 0.508 e. The number of aromatic nitrogens is 1. The molecule has 2 aromatic heterocycles. The van der Waals surface area contributed by atoms with Crippen molar-refractivity contribution in [3.8, 4) is 11.5 Å². The summed E-state index contributed by atoms with van der Waals surface area (Å²) < 4.78 is 10.6. The maximum absolute atomic E-state index is 12.4. The van der Waals surface area contributed by atoms with Crippen molar-refractivity contribution in [2.24, 2.45) is 0 Å². The van der Waals surface area contributed by atoms with Crippen LogP contribution in [0.15, 0.2) is 51.8 Å². The van der Waals surface area contributed by atoms with Gasteiger partial charge in [-0.05, 0) is 54.8 Å². The first kappa shape index (κ1) is 19.6. The molecule has 4 rings (SSSR count). The molecule has 0 saturated heterocycles. The summed E-state index contributed by atoms with van der Waals surface area (Å²) in [7, 11) is 1.63. The van der Waals surface area contributed by atoms with E-state index in [0.717, 1.165) is 22.2 Å². The van der Waals surface area contributed by atoms with Gasteiger partial charge < -0.3 is 24.6 Å². The number of rotatable bonds is 6. The van der Waals surface area contributed by atoms with E-state index in [1.807, 2.05) is 24.4 Å². The van der Waals surface area contributed by atoms with Crippen LogP contribution in [-0.4, -0.2) is 29.7 Å². The molecule has 0 spiro atoms. The molecular formula is C23H22N2O5. The zero-order valence-electron chi connectivity index (χ0n) is 16.7. The van der Waals surface area contributed by atoms with Crippen molar-refractivity contribution < 1.29 is 19.1 Å². The predicted molar refractivity (Wildman–Crippen MR) is 114 cm³/mol. The van der Waals surface area contributed by atoms with Crippen LogP contribution in [0.2, 0.25) is 0 Å². The lowest BCUT2D eigenvalue weighted by molar-refractivity contribution is -0.120. The Morgan fingerprint density at radius 2 is 2.03 bits per heavy atom. The predicted octanol–water partition coefficient (Wildman–Crippen LogP) is 3.20. The van der Waals surface area contributed by atoms with E-state index in [1.54, 1.807) is 20.1 Å². The third-order valence-corrected chi connectivity index (χ3v) is 5.30. The van der Waals surface area contributed by atoms with Crippen molar-refractivity contribution in [1.29, 1.82) is 0 Å². The van der Waals surface area contributed by atoms with Crippen LogP contribution in [0.1, 0.15) is 16.7 Å². The van der Waals surface area contributed by atoms with Crippen molar-refractivity contribution in [2.45, 2.75) is 19.8 Å². The standard InChI is InChI=1S/C23H22N2O5/c1-13-17-5-3-15(26)9-21(17)30-23(28)18(13)11-22(27)24-8-7-14-12-25-20-6-4-16(29-2)10-19(14)20/h3-6,9-10,12,25-26H,7-8,11H2,1-2H3,(H,24,27). The van der Waals surface area contributed by atoms with Gasteiger partial charge in [0.25, 0.3) is 0 Å². The number of hydrogen-bond acceptors (Lipinski definition) is 5. The van der Waals surface area contributed by atoms with Crippen LogP contribution in [0.4, 0.5) is 0 Å². The Morgan fingerprint density at radius 1 is 1.20 bits per heavy atom. The number of H-pyrrole nitrogens is 1. The molecule has 0 saturated carbocycles. The molecule has 0 atom stereocenters. The minimum Gasteiger partial charge on any atom is -0.508 e. The quantitative estimate of drug-likeness (QED) is 0.427. The highest BCUT2D eigenvalue weighted by atomic mass is 16.5. The van der Waals surface area contributed by atoms with Gasteiger partial charge in [0.15, 0.2) is 0 Å². The minimum absolute atomic E-state index is 0.0189. The first-order valence-electron chi connectivity index (χ1n) is 9.62. The van der Waals surface area contributed by atoms with Gasteiger partial charge in [0.1, 0.15) is 17.1 Å². The SMILES string of the molecule is COc1ccc2[nH]cc(CCNC(=O)Cc3c(C)c4ccc(O)cc4oc3=O)c2c1. The molecule has 0 fully saturated rings. The van der Waals surface area contributed by atoms with E-state index in [-0.39, 0.29) is 18.1 Å². The van der Waals surface area contributed by atoms with E-state index in [9.17, 15) is 14.7 Å². The fourth-order valence-corrected chi connectivity index (χ4v) is 3.64. The second-order valence-electron chi connectivity index (χ2n) is 7.18. The summed E-state index contributed by atoms with van der Waals surface area (Å²) in [4.78, 5) is 28.0. The molecule has 2 heterocycles. The molecule has 3 N–H and O–H groups in total. The number of amides is 1. The Hall–Kier alpha value is -3.74. The zero-order chi connectivity index (χ0) is 21.3. The lowest BCUT2D eigenvalue weighted by Gasteiger charge is -2.09. The maximum atomic E-state index is 12.4. The average Bonchev–Trinajstić information content (AvgIpc) is 3.13. The first-order valence-corrected chi connectivity index (χ1v) is 9.62. The molecule has 7 nitrogen and oxygen atoms in total. The number of hydrogen-bond donors (Lipinski definition) is 3. The van der Waals surface area contributed by atoms with E-state index in [0.29, 0.717) is 35.1 Å². The summed E-state index contributed by atoms with van der Waals surface area (Å²) in [6, 6.07) is 10.4. The number of ether oxygens (including phenoxy) is 1. The Morgan fingerprint density at radius 3 is 2.83 bits per heavy atom. The Balaban J connectivity index is 1.44. The van der Waals surface area contributed by atoms with Gasteiger partial charge in [0.2, 0.25) is 5.91 Å². The average molecular weight is 406 g/mol. The smallest absolute Gasteiger partial charge is 0.340 e. The minimum atomic E-state index is -0.565. The van der Waals surface area contributed by atoms with Crippen LogP contribution < -0.4 is 15.7 Å². The van der Waals surface area contributed by atoms with Gasteiger partial charge in [-0.1, -0.05) is 0 Å². The summed E-state index contributed by atoms with van der Waals surface area (Å²) >= 11 is 0. The zero-order valence-corrected chi connectivity index (χ0v) is 16.7. The molecule has 0 radical (unpaired) electrons. The van der Waals surface area contributed by atoms with Crippen molar-refractivity contribution in [3.63, 3.8) is 0 Å².